The van der Waals surface area contributed by atoms with Gasteiger partial charge in [-0.05, 0) is 18.6 Å². The summed E-state index contributed by atoms with van der Waals surface area (Å²) >= 11 is 1.46. The van der Waals surface area contributed by atoms with E-state index >= 15 is 0 Å². The molecule has 1 atom stereocenters. The summed E-state index contributed by atoms with van der Waals surface area (Å²) in [7, 11) is 0. The Balaban J connectivity index is 1.52. The third-order valence-electron chi connectivity index (χ3n) is 3.50. The molecule has 0 saturated carbocycles. The first-order valence-electron chi connectivity index (χ1n) is 7.31. The molecular formula is C15H18N4O2S. The van der Waals surface area contributed by atoms with E-state index in [1.807, 2.05) is 24.4 Å². The standard InChI is InChI=1S/C15H18N4O2S/c1-2-11-10-22-14(17-11)18-15(20)19-7-5-13(9-19)21-12-4-3-6-16-8-12/h3-4,6,8,10,13H,2,5,7,9H2,1H3,(H,17,18,20). The fourth-order valence-corrected chi connectivity index (χ4v) is 3.10. The van der Waals surface area contributed by atoms with E-state index < -0.39 is 0 Å². The van der Waals surface area contributed by atoms with Crippen LogP contribution in [0.3, 0.4) is 0 Å². The molecule has 2 amide bonds. The number of hydrogen-bond donors (Lipinski definition) is 1. The van der Waals surface area contributed by atoms with Gasteiger partial charge in [-0.3, -0.25) is 10.3 Å². The Morgan fingerprint density at radius 3 is 3.23 bits per heavy atom. The zero-order valence-corrected chi connectivity index (χ0v) is 13.2. The van der Waals surface area contributed by atoms with Crippen LogP contribution in [0, 0.1) is 0 Å². The van der Waals surface area contributed by atoms with Gasteiger partial charge in [0.25, 0.3) is 0 Å². The first-order valence-corrected chi connectivity index (χ1v) is 8.19. The smallest absolute Gasteiger partial charge is 0.323 e. The van der Waals surface area contributed by atoms with Gasteiger partial charge in [0, 0.05) is 24.5 Å². The molecule has 3 rings (SSSR count). The van der Waals surface area contributed by atoms with Gasteiger partial charge in [-0.2, -0.15) is 0 Å². The van der Waals surface area contributed by atoms with Crippen LogP contribution < -0.4 is 10.1 Å². The van der Waals surface area contributed by atoms with Gasteiger partial charge in [0.15, 0.2) is 5.13 Å². The van der Waals surface area contributed by atoms with Crippen molar-refractivity contribution in [1.29, 1.82) is 0 Å². The van der Waals surface area contributed by atoms with Crippen LogP contribution in [-0.4, -0.2) is 40.1 Å². The number of nitrogens with zero attached hydrogens (tertiary/aromatic N) is 3. The molecule has 0 aliphatic carbocycles. The Labute approximate surface area is 133 Å². The van der Waals surface area contributed by atoms with Crippen molar-refractivity contribution in [3.8, 4) is 5.75 Å². The number of carbonyl (C=O) groups is 1. The summed E-state index contributed by atoms with van der Waals surface area (Å²) in [5.74, 6) is 0.738. The number of carbonyl (C=O) groups excluding carboxylic acids is 1. The molecule has 1 aliphatic heterocycles. The summed E-state index contributed by atoms with van der Waals surface area (Å²) in [6.07, 6.45) is 5.10. The Bertz CT molecular complexity index is 631. The maximum absolute atomic E-state index is 12.2. The number of amides is 2. The van der Waals surface area contributed by atoms with Gasteiger partial charge >= 0.3 is 6.03 Å². The van der Waals surface area contributed by atoms with Crippen molar-refractivity contribution >= 4 is 22.5 Å². The Hall–Kier alpha value is -2.15. The van der Waals surface area contributed by atoms with Gasteiger partial charge in [0.1, 0.15) is 11.9 Å². The van der Waals surface area contributed by atoms with Crippen molar-refractivity contribution < 1.29 is 9.53 Å². The average Bonchev–Trinajstić information content (AvgIpc) is 3.17. The fourth-order valence-electron chi connectivity index (χ4n) is 2.32. The lowest BCUT2D eigenvalue weighted by atomic mass is 10.3. The van der Waals surface area contributed by atoms with Crippen molar-refractivity contribution in [3.05, 3.63) is 35.6 Å². The van der Waals surface area contributed by atoms with Crippen LogP contribution in [0.15, 0.2) is 29.9 Å². The molecule has 1 N–H and O–H groups in total. The molecule has 1 aliphatic rings. The lowest BCUT2D eigenvalue weighted by Gasteiger charge is -2.17. The minimum absolute atomic E-state index is 0.0115. The summed E-state index contributed by atoms with van der Waals surface area (Å²) in [4.78, 5) is 22.4. The van der Waals surface area contributed by atoms with Gasteiger partial charge in [-0.25, -0.2) is 9.78 Å². The van der Waals surface area contributed by atoms with Crippen molar-refractivity contribution in [1.82, 2.24) is 14.9 Å². The Kier molecular flexibility index (Phi) is 4.53. The summed E-state index contributed by atoms with van der Waals surface area (Å²) in [5, 5.41) is 5.47. The lowest BCUT2D eigenvalue weighted by molar-refractivity contribution is 0.194. The molecule has 1 saturated heterocycles. The number of aromatic nitrogens is 2. The molecule has 22 heavy (non-hydrogen) atoms. The van der Waals surface area contributed by atoms with E-state index in [2.05, 4.69) is 15.3 Å². The highest BCUT2D eigenvalue weighted by Crippen LogP contribution is 2.20. The van der Waals surface area contributed by atoms with Gasteiger partial charge in [0.2, 0.25) is 0 Å². The number of likely N-dealkylation sites (tertiary alicyclic amines) is 1. The van der Waals surface area contributed by atoms with Crippen molar-refractivity contribution in [2.45, 2.75) is 25.9 Å². The molecule has 116 valence electrons. The van der Waals surface area contributed by atoms with E-state index in [1.165, 1.54) is 11.3 Å². The van der Waals surface area contributed by atoms with Crippen LogP contribution in [0.4, 0.5) is 9.93 Å². The largest absolute Gasteiger partial charge is 0.487 e. The fraction of sp³-hybridized carbons (Fsp3) is 0.400. The SMILES string of the molecule is CCc1csc(NC(=O)N2CCC(Oc3cccnc3)C2)n1. The van der Waals surface area contributed by atoms with Crippen molar-refractivity contribution in [2.75, 3.05) is 18.4 Å². The predicted molar refractivity (Wildman–Crippen MR) is 85.4 cm³/mol. The molecule has 1 unspecified atom stereocenters. The third-order valence-corrected chi connectivity index (χ3v) is 4.30. The molecule has 0 spiro atoms. The maximum Gasteiger partial charge on any atom is 0.323 e. The molecule has 0 radical (unpaired) electrons. The average molecular weight is 318 g/mol. The molecule has 7 heteroatoms. The summed E-state index contributed by atoms with van der Waals surface area (Å²) < 4.78 is 5.83. The number of anilines is 1. The highest BCUT2D eigenvalue weighted by molar-refractivity contribution is 7.13. The normalized spacial score (nSPS) is 17.5. The second kappa shape index (κ2) is 6.74. The number of nitrogens with one attached hydrogen (secondary N) is 1. The van der Waals surface area contributed by atoms with Crippen LogP contribution in [0.5, 0.6) is 5.75 Å². The van der Waals surface area contributed by atoms with E-state index in [0.717, 1.165) is 24.3 Å². The molecule has 3 heterocycles. The first kappa shape index (κ1) is 14.8. The highest BCUT2D eigenvalue weighted by Gasteiger charge is 2.28. The van der Waals surface area contributed by atoms with Gasteiger partial charge < -0.3 is 9.64 Å². The zero-order valence-electron chi connectivity index (χ0n) is 12.4. The first-order chi connectivity index (χ1) is 10.7. The Morgan fingerprint density at radius 2 is 2.50 bits per heavy atom. The monoisotopic (exact) mass is 318 g/mol. The lowest BCUT2D eigenvalue weighted by Crippen LogP contribution is -2.34. The third kappa shape index (κ3) is 3.54. The maximum atomic E-state index is 12.2. The summed E-state index contributed by atoms with van der Waals surface area (Å²) in [6.45, 7) is 3.30. The molecular weight excluding hydrogens is 300 g/mol. The van der Waals surface area contributed by atoms with Crippen LogP contribution in [-0.2, 0) is 6.42 Å². The topological polar surface area (TPSA) is 67.4 Å². The minimum atomic E-state index is -0.116. The van der Waals surface area contributed by atoms with Crippen LogP contribution >= 0.6 is 11.3 Å². The van der Waals surface area contributed by atoms with Crippen LogP contribution in [0.1, 0.15) is 19.0 Å². The number of pyridine rings is 1. The molecule has 6 nitrogen and oxygen atoms in total. The van der Waals surface area contributed by atoms with Crippen molar-refractivity contribution in [3.63, 3.8) is 0 Å². The summed E-state index contributed by atoms with van der Waals surface area (Å²) in [5.41, 5.74) is 1.000. The second-order valence-electron chi connectivity index (χ2n) is 5.09. The van der Waals surface area contributed by atoms with E-state index in [0.29, 0.717) is 18.2 Å². The molecule has 0 aromatic carbocycles. The predicted octanol–water partition coefficient (Wildman–Crippen LogP) is 2.79. The van der Waals surface area contributed by atoms with Gasteiger partial charge in [-0.1, -0.05) is 6.92 Å². The minimum Gasteiger partial charge on any atom is -0.487 e. The Morgan fingerprint density at radius 1 is 1.59 bits per heavy atom. The van der Waals surface area contributed by atoms with Crippen LogP contribution in [0.25, 0.3) is 0 Å². The van der Waals surface area contributed by atoms with E-state index in [4.69, 9.17) is 4.74 Å². The molecule has 2 aromatic heterocycles. The quantitative estimate of drug-likeness (QED) is 0.941. The van der Waals surface area contributed by atoms with E-state index in [-0.39, 0.29) is 12.1 Å². The number of aryl methyl sites for hydroxylation is 1. The van der Waals surface area contributed by atoms with E-state index in [1.54, 1.807) is 17.3 Å². The van der Waals surface area contributed by atoms with Gasteiger partial charge in [0.05, 0.1) is 18.4 Å². The molecule has 2 aromatic rings. The van der Waals surface area contributed by atoms with Gasteiger partial charge in [-0.15, -0.1) is 11.3 Å². The number of hydrogen-bond acceptors (Lipinski definition) is 5. The summed E-state index contributed by atoms with van der Waals surface area (Å²) in [6, 6.07) is 3.59. The molecule has 0 bridgehead atoms. The van der Waals surface area contributed by atoms with Crippen molar-refractivity contribution in [2.24, 2.45) is 0 Å². The number of thiazole rings is 1. The number of urea groups is 1. The second-order valence-corrected chi connectivity index (χ2v) is 5.95. The van der Waals surface area contributed by atoms with E-state index in [9.17, 15) is 4.79 Å². The number of ether oxygens (including phenoxy) is 1. The zero-order chi connectivity index (χ0) is 15.4. The highest BCUT2D eigenvalue weighted by atomic mass is 32.1. The molecule has 1 fully saturated rings. The number of rotatable bonds is 4. The van der Waals surface area contributed by atoms with Crippen LogP contribution in [0.2, 0.25) is 0 Å².